The SMILES string of the molecule is CNCC[C@H](Cc1ccccc1)N(C)C=O.Cc1cnc(C)c(C)c1.Cn1cccc1C=O. The molecule has 33 heavy (non-hydrogen) atoms. The number of amides is 1. The highest BCUT2D eigenvalue weighted by atomic mass is 16.1. The second kappa shape index (κ2) is 15.5. The topological polar surface area (TPSA) is 67.2 Å². The van der Waals surface area contributed by atoms with Gasteiger partial charge in [0.15, 0.2) is 6.29 Å². The van der Waals surface area contributed by atoms with Crippen molar-refractivity contribution in [3.8, 4) is 0 Å². The fourth-order valence-electron chi connectivity index (χ4n) is 3.11. The number of hydrogen-bond acceptors (Lipinski definition) is 4. The van der Waals surface area contributed by atoms with Crippen molar-refractivity contribution >= 4 is 12.7 Å². The molecule has 3 rings (SSSR count). The molecule has 0 unspecified atom stereocenters. The molecule has 0 aliphatic rings. The number of aromatic nitrogens is 2. The van der Waals surface area contributed by atoms with Gasteiger partial charge in [0, 0.05) is 38.2 Å². The largest absolute Gasteiger partial charge is 0.348 e. The number of rotatable bonds is 8. The van der Waals surface area contributed by atoms with Crippen molar-refractivity contribution in [1.29, 1.82) is 0 Å². The molecule has 1 aromatic carbocycles. The Bertz CT molecular complexity index is 954. The van der Waals surface area contributed by atoms with Gasteiger partial charge in [0.2, 0.25) is 6.41 Å². The number of nitrogens with zero attached hydrogens (tertiary/aromatic N) is 3. The molecule has 0 spiro atoms. The van der Waals surface area contributed by atoms with Crippen molar-refractivity contribution in [3.05, 3.63) is 89.0 Å². The van der Waals surface area contributed by atoms with Gasteiger partial charge in [-0.1, -0.05) is 36.4 Å². The van der Waals surface area contributed by atoms with Crippen LogP contribution >= 0.6 is 0 Å². The first kappa shape index (κ1) is 27.8. The van der Waals surface area contributed by atoms with E-state index in [1.54, 1.807) is 15.5 Å². The summed E-state index contributed by atoms with van der Waals surface area (Å²) in [4.78, 5) is 26.8. The summed E-state index contributed by atoms with van der Waals surface area (Å²) in [5.74, 6) is 0. The molecule has 2 heterocycles. The summed E-state index contributed by atoms with van der Waals surface area (Å²) in [7, 11) is 5.61. The third kappa shape index (κ3) is 10.7. The maximum Gasteiger partial charge on any atom is 0.209 e. The van der Waals surface area contributed by atoms with Gasteiger partial charge in [-0.15, -0.1) is 0 Å². The molecule has 0 fully saturated rings. The van der Waals surface area contributed by atoms with Crippen molar-refractivity contribution in [2.24, 2.45) is 7.05 Å². The van der Waals surface area contributed by atoms with Crippen molar-refractivity contribution in [2.75, 3.05) is 20.6 Å². The van der Waals surface area contributed by atoms with E-state index in [-0.39, 0.29) is 6.04 Å². The molecule has 3 aromatic rings. The second-order valence-electron chi connectivity index (χ2n) is 8.08. The lowest BCUT2D eigenvalue weighted by Crippen LogP contribution is -2.34. The predicted octanol–water partition coefficient (Wildman–Crippen LogP) is 4.14. The molecule has 1 atom stereocenters. The summed E-state index contributed by atoms with van der Waals surface area (Å²) >= 11 is 0. The first-order valence-electron chi connectivity index (χ1n) is 11.1. The summed E-state index contributed by atoms with van der Waals surface area (Å²) in [5, 5.41) is 3.12. The molecule has 0 aliphatic heterocycles. The number of aldehydes is 1. The number of aryl methyl sites for hydroxylation is 4. The van der Waals surface area contributed by atoms with Crippen LogP contribution in [-0.2, 0) is 18.3 Å². The summed E-state index contributed by atoms with van der Waals surface area (Å²) in [5.41, 5.74) is 5.62. The molecular formula is C27H38N4O2. The van der Waals surface area contributed by atoms with Crippen LogP contribution in [0.3, 0.4) is 0 Å². The minimum Gasteiger partial charge on any atom is -0.348 e. The highest BCUT2D eigenvalue weighted by Crippen LogP contribution is 2.09. The molecule has 2 aromatic heterocycles. The van der Waals surface area contributed by atoms with E-state index in [4.69, 9.17) is 0 Å². The summed E-state index contributed by atoms with van der Waals surface area (Å²) in [6, 6.07) is 16.3. The average Bonchev–Trinajstić information content (AvgIpc) is 3.25. The summed E-state index contributed by atoms with van der Waals surface area (Å²) in [6.07, 6.45) is 7.35. The van der Waals surface area contributed by atoms with Gasteiger partial charge in [-0.2, -0.15) is 0 Å². The maximum atomic E-state index is 10.8. The number of likely N-dealkylation sites (N-methyl/N-ethyl adjacent to an activating group) is 1. The first-order valence-corrected chi connectivity index (χ1v) is 11.1. The molecule has 1 amide bonds. The molecule has 0 bridgehead atoms. The van der Waals surface area contributed by atoms with E-state index >= 15 is 0 Å². The Morgan fingerprint density at radius 3 is 2.24 bits per heavy atom. The van der Waals surface area contributed by atoms with Crippen molar-refractivity contribution in [3.63, 3.8) is 0 Å². The van der Waals surface area contributed by atoms with Gasteiger partial charge < -0.3 is 14.8 Å². The fourth-order valence-corrected chi connectivity index (χ4v) is 3.11. The molecule has 0 aliphatic carbocycles. The zero-order valence-electron chi connectivity index (χ0n) is 20.8. The molecule has 6 heteroatoms. The molecular weight excluding hydrogens is 412 g/mol. The molecule has 0 radical (unpaired) electrons. The van der Waals surface area contributed by atoms with E-state index in [9.17, 15) is 9.59 Å². The average molecular weight is 451 g/mol. The lowest BCUT2D eigenvalue weighted by molar-refractivity contribution is -0.118. The number of nitrogens with one attached hydrogen (secondary N) is 1. The third-order valence-corrected chi connectivity index (χ3v) is 5.37. The van der Waals surface area contributed by atoms with E-state index in [2.05, 4.69) is 42.3 Å². The molecule has 6 nitrogen and oxygen atoms in total. The van der Waals surface area contributed by atoms with Crippen molar-refractivity contribution in [2.45, 2.75) is 39.7 Å². The van der Waals surface area contributed by atoms with Crippen LogP contribution in [0.2, 0.25) is 0 Å². The van der Waals surface area contributed by atoms with Gasteiger partial charge in [-0.05, 0) is 76.0 Å². The number of carbonyl (C=O) groups is 2. The van der Waals surface area contributed by atoms with Crippen LogP contribution in [0, 0.1) is 20.8 Å². The highest BCUT2D eigenvalue weighted by molar-refractivity contribution is 5.72. The van der Waals surface area contributed by atoms with Crippen molar-refractivity contribution < 1.29 is 9.59 Å². The van der Waals surface area contributed by atoms with E-state index in [1.165, 1.54) is 16.7 Å². The van der Waals surface area contributed by atoms with Gasteiger partial charge in [0.25, 0.3) is 0 Å². The minimum atomic E-state index is 0.271. The zero-order chi connectivity index (χ0) is 24.6. The number of carbonyl (C=O) groups excluding carboxylic acids is 2. The number of pyridine rings is 1. The molecule has 0 saturated carbocycles. The number of hydrogen-bond donors (Lipinski definition) is 1. The van der Waals surface area contributed by atoms with Gasteiger partial charge in [-0.25, -0.2) is 0 Å². The van der Waals surface area contributed by atoms with E-state index < -0.39 is 0 Å². The predicted molar refractivity (Wildman–Crippen MR) is 136 cm³/mol. The van der Waals surface area contributed by atoms with E-state index in [0.29, 0.717) is 5.69 Å². The van der Waals surface area contributed by atoms with Gasteiger partial charge in [0.05, 0.1) is 5.69 Å². The van der Waals surface area contributed by atoms with Gasteiger partial charge in [0.1, 0.15) is 0 Å². The Morgan fingerprint density at radius 2 is 1.79 bits per heavy atom. The molecule has 1 N–H and O–H groups in total. The Hall–Kier alpha value is -3.25. The fraction of sp³-hybridized carbons (Fsp3) is 0.370. The van der Waals surface area contributed by atoms with Crippen LogP contribution in [0.25, 0.3) is 0 Å². The monoisotopic (exact) mass is 450 g/mol. The highest BCUT2D eigenvalue weighted by Gasteiger charge is 2.13. The standard InChI is InChI=1S/C13H20N2O.C8H11N.C6H7NO/c1-14-9-8-13(15(2)11-16)10-12-6-4-3-5-7-12;1-6-4-7(2)8(3)9-5-6;1-7-4-2-3-6(7)5-8/h3-7,11,13-14H,8-10H2,1-2H3;4-5H,1-3H3;2-5H,1H3/t13-;;/m1../s1. The minimum absolute atomic E-state index is 0.271. The van der Waals surface area contributed by atoms with Gasteiger partial charge >= 0.3 is 0 Å². The smallest absolute Gasteiger partial charge is 0.209 e. The maximum absolute atomic E-state index is 10.8. The third-order valence-electron chi connectivity index (χ3n) is 5.37. The second-order valence-corrected chi connectivity index (χ2v) is 8.08. The van der Waals surface area contributed by atoms with E-state index in [1.807, 2.05) is 64.7 Å². The molecule has 178 valence electrons. The normalized spacial score (nSPS) is 10.7. The van der Waals surface area contributed by atoms with Crippen molar-refractivity contribution in [1.82, 2.24) is 19.8 Å². The Labute approximate surface area is 198 Å². The van der Waals surface area contributed by atoms with Crippen LogP contribution < -0.4 is 5.32 Å². The summed E-state index contributed by atoms with van der Waals surface area (Å²) < 4.78 is 1.77. The van der Waals surface area contributed by atoms with Crippen LogP contribution in [0.4, 0.5) is 0 Å². The Morgan fingerprint density at radius 1 is 1.09 bits per heavy atom. The van der Waals surface area contributed by atoms with Gasteiger partial charge in [-0.3, -0.25) is 14.6 Å². The summed E-state index contributed by atoms with van der Waals surface area (Å²) in [6.45, 7) is 7.08. The van der Waals surface area contributed by atoms with Crippen LogP contribution in [0.15, 0.2) is 60.9 Å². The lowest BCUT2D eigenvalue weighted by atomic mass is 10.0. The first-order chi connectivity index (χ1) is 15.8. The Balaban J connectivity index is 0.000000270. The lowest BCUT2D eigenvalue weighted by Gasteiger charge is -2.24. The zero-order valence-corrected chi connectivity index (χ0v) is 20.8. The quantitative estimate of drug-likeness (QED) is 0.524. The van der Waals surface area contributed by atoms with Crippen LogP contribution in [-0.4, -0.2) is 53.8 Å². The van der Waals surface area contributed by atoms with E-state index in [0.717, 1.165) is 37.8 Å². The number of benzene rings is 1. The van der Waals surface area contributed by atoms with Crippen LogP contribution in [0.1, 0.15) is 39.3 Å². The Kier molecular flexibility index (Phi) is 13.1. The van der Waals surface area contributed by atoms with Crippen LogP contribution in [0.5, 0.6) is 0 Å². The molecule has 0 saturated heterocycles.